The van der Waals surface area contributed by atoms with Crippen LogP contribution in [0, 0.1) is 12.8 Å². The van der Waals surface area contributed by atoms with E-state index >= 15 is 0 Å². The van der Waals surface area contributed by atoms with Crippen molar-refractivity contribution in [3.8, 4) is 0 Å². The standard InChI is InChI=1S/C19H22N2O2S/c1-13-4-6-14(7-5-13)18(15-8-9-15)21-17(22)10-11-20-19(23)16-3-2-12-24-16/h2-7,12,15,18H,8-11H2,1H3,(H,20,23)(H,21,22). The summed E-state index contributed by atoms with van der Waals surface area (Å²) >= 11 is 1.40. The number of amides is 2. The molecule has 1 aromatic heterocycles. The SMILES string of the molecule is Cc1ccc(C(NC(=O)CCNC(=O)c2cccs2)C2CC2)cc1. The summed E-state index contributed by atoms with van der Waals surface area (Å²) in [5.74, 6) is 0.409. The second-order valence-corrected chi connectivity index (χ2v) is 7.22. The van der Waals surface area contributed by atoms with Gasteiger partial charge in [-0.2, -0.15) is 0 Å². The number of hydrogen-bond acceptors (Lipinski definition) is 3. The van der Waals surface area contributed by atoms with Gasteiger partial charge in [0.15, 0.2) is 0 Å². The quantitative estimate of drug-likeness (QED) is 0.810. The molecule has 1 atom stereocenters. The predicted octanol–water partition coefficient (Wildman–Crippen LogP) is 3.44. The minimum Gasteiger partial charge on any atom is -0.351 e. The number of carbonyl (C=O) groups is 2. The summed E-state index contributed by atoms with van der Waals surface area (Å²) in [5, 5.41) is 7.79. The first kappa shape index (κ1) is 16.7. The zero-order valence-corrected chi connectivity index (χ0v) is 14.6. The van der Waals surface area contributed by atoms with Crippen molar-refractivity contribution in [2.75, 3.05) is 6.54 Å². The lowest BCUT2D eigenvalue weighted by Gasteiger charge is -2.19. The Morgan fingerprint density at radius 2 is 1.96 bits per heavy atom. The molecule has 0 bridgehead atoms. The number of nitrogens with one attached hydrogen (secondary N) is 2. The Hall–Kier alpha value is -2.14. The van der Waals surface area contributed by atoms with Crippen LogP contribution >= 0.6 is 11.3 Å². The van der Waals surface area contributed by atoms with Crippen LogP contribution in [0.25, 0.3) is 0 Å². The first-order chi connectivity index (χ1) is 11.6. The van der Waals surface area contributed by atoms with Crippen LogP contribution in [0.5, 0.6) is 0 Å². The molecule has 1 fully saturated rings. The van der Waals surface area contributed by atoms with Gasteiger partial charge in [-0.1, -0.05) is 35.9 Å². The van der Waals surface area contributed by atoms with Crippen LogP contribution in [0.2, 0.25) is 0 Å². The molecule has 2 amide bonds. The monoisotopic (exact) mass is 342 g/mol. The first-order valence-corrected chi connectivity index (χ1v) is 9.19. The Kier molecular flexibility index (Phi) is 5.30. The average molecular weight is 342 g/mol. The molecule has 1 saturated carbocycles. The molecule has 126 valence electrons. The largest absolute Gasteiger partial charge is 0.351 e. The maximum atomic E-state index is 12.2. The zero-order chi connectivity index (χ0) is 16.9. The van der Waals surface area contributed by atoms with Gasteiger partial charge in [0.25, 0.3) is 5.91 Å². The summed E-state index contributed by atoms with van der Waals surface area (Å²) in [6.45, 7) is 2.42. The molecular weight excluding hydrogens is 320 g/mol. The number of aryl methyl sites for hydroxylation is 1. The fraction of sp³-hybridized carbons (Fsp3) is 0.368. The second kappa shape index (κ2) is 7.62. The number of thiophene rings is 1. The molecule has 0 saturated heterocycles. The minimum atomic E-state index is -0.116. The Bertz CT molecular complexity index is 691. The van der Waals surface area contributed by atoms with Crippen LogP contribution in [0.15, 0.2) is 41.8 Å². The van der Waals surface area contributed by atoms with E-state index in [4.69, 9.17) is 0 Å². The van der Waals surface area contributed by atoms with E-state index in [0.717, 1.165) is 12.8 Å². The minimum absolute atomic E-state index is 0.0149. The summed E-state index contributed by atoms with van der Waals surface area (Å²) < 4.78 is 0. The van der Waals surface area contributed by atoms with Crippen molar-refractivity contribution in [3.63, 3.8) is 0 Å². The Balaban J connectivity index is 1.49. The average Bonchev–Trinajstić information content (AvgIpc) is 3.26. The van der Waals surface area contributed by atoms with Crippen molar-refractivity contribution in [2.24, 2.45) is 5.92 Å². The maximum Gasteiger partial charge on any atom is 0.261 e. The summed E-state index contributed by atoms with van der Waals surface area (Å²) in [7, 11) is 0. The highest BCUT2D eigenvalue weighted by atomic mass is 32.1. The van der Waals surface area contributed by atoms with Crippen molar-refractivity contribution in [1.82, 2.24) is 10.6 Å². The summed E-state index contributed by atoms with van der Waals surface area (Å²) in [6.07, 6.45) is 2.62. The molecule has 2 N–H and O–H groups in total. The van der Waals surface area contributed by atoms with Gasteiger partial charge in [-0.05, 0) is 42.7 Å². The van der Waals surface area contributed by atoms with Crippen LogP contribution in [-0.2, 0) is 4.79 Å². The molecule has 0 radical (unpaired) electrons. The molecule has 1 aromatic carbocycles. The number of carbonyl (C=O) groups excluding carboxylic acids is 2. The maximum absolute atomic E-state index is 12.2. The van der Waals surface area contributed by atoms with Crippen LogP contribution in [0.3, 0.4) is 0 Å². The van der Waals surface area contributed by atoms with Gasteiger partial charge in [0, 0.05) is 13.0 Å². The molecule has 2 aromatic rings. The van der Waals surface area contributed by atoms with E-state index in [0.29, 0.717) is 23.8 Å². The molecule has 1 unspecified atom stereocenters. The van der Waals surface area contributed by atoms with Crippen LogP contribution in [0.1, 0.15) is 46.1 Å². The smallest absolute Gasteiger partial charge is 0.261 e. The van der Waals surface area contributed by atoms with Crippen LogP contribution in [0.4, 0.5) is 0 Å². The van der Waals surface area contributed by atoms with Crippen molar-refractivity contribution < 1.29 is 9.59 Å². The Morgan fingerprint density at radius 1 is 1.21 bits per heavy atom. The van der Waals surface area contributed by atoms with Crippen LogP contribution < -0.4 is 10.6 Å². The van der Waals surface area contributed by atoms with E-state index < -0.39 is 0 Å². The van der Waals surface area contributed by atoms with Gasteiger partial charge < -0.3 is 10.6 Å². The molecular formula is C19H22N2O2S. The van der Waals surface area contributed by atoms with Crippen LogP contribution in [-0.4, -0.2) is 18.4 Å². The van der Waals surface area contributed by atoms with Gasteiger partial charge in [-0.15, -0.1) is 11.3 Å². The lowest BCUT2D eigenvalue weighted by molar-refractivity contribution is -0.121. The zero-order valence-electron chi connectivity index (χ0n) is 13.7. The lowest BCUT2D eigenvalue weighted by Crippen LogP contribution is -2.33. The first-order valence-electron chi connectivity index (χ1n) is 8.31. The van der Waals surface area contributed by atoms with Gasteiger partial charge in [0.2, 0.25) is 5.91 Å². The molecule has 5 heteroatoms. The molecule has 24 heavy (non-hydrogen) atoms. The highest BCUT2D eigenvalue weighted by Gasteiger charge is 2.33. The van der Waals surface area contributed by atoms with Crippen molar-refractivity contribution >= 4 is 23.2 Å². The van der Waals surface area contributed by atoms with Crippen molar-refractivity contribution in [1.29, 1.82) is 0 Å². The topological polar surface area (TPSA) is 58.2 Å². The third-order valence-electron chi connectivity index (χ3n) is 4.23. The van der Waals surface area contributed by atoms with E-state index in [1.54, 1.807) is 6.07 Å². The van der Waals surface area contributed by atoms with Gasteiger partial charge in [-0.25, -0.2) is 0 Å². The highest BCUT2D eigenvalue weighted by Crippen LogP contribution is 2.41. The Morgan fingerprint density at radius 3 is 2.58 bits per heavy atom. The van der Waals surface area contributed by atoms with E-state index in [2.05, 4.69) is 41.8 Å². The van der Waals surface area contributed by atoms with E-state index in [1.807, 2.05) is 11.4 Å². The fourth-order valence-corrected chi connectivity index (χ4v) is 3.35. The van der Waals surface area contributed by atoms with Gasteiger partial charge in [0.05, 0.1) is 10.9 Å². The second-order valence-electron chi connectivity index (χ2n) is 6.28. The summed E-state index contributed by atoms with van der Waals surface area (Å²) in [5.41, 5.74) is 2.38. The van der Waals surface area contributed by atoms with Gasteiger partial charge in [-0.3, -0.25) is 9.59 Å². The molecule has 1 heterocycles. The third kappa shape index (κ3) is 4.45. The normalized spacial score (nSPS) is 14.9. The predicted molar refractivity (Wildman–Crippen MR) is 96.1 cm³/mol. The molecule has 1 aliphatic rings. The van der Waals surface area contributed by atoms with E-state index in [-0.39, 0.29) is 17.9 Å². The molecule has 3 rings (SSSR count). The molecule has 4 nitrogen and oxygen atoms in total. The van der Waals surface area contributed by atoms with Gasteiger partial charge >= 0.3 is 0 Å². The number of benzene rings is 1. The van der Waals surface area contributed by atoms with Crippen molar-refractivity contribution in [2.45, 2.75) is 32.2 Å². The van der Waals surface area contributed by atoms with E-state index in [9.17, 15) is 9.59 Å². The summed E-state index contributed by atoms with van der Waals surface area (Å²) in [4.78, 5) is 24.8. The van der Waals surface area contributed by atoms with E-state index in [1.165, 1.54) is 22.5 Å². The molecule has 1 aliphatic carbocycles. The van der Waals surface area contributed by atoms with Gasteiger partial charge in [0.1, 0.15) is 0 Å². The number of rotatable bonds is 7. The number of hydrogen-bond donors (Lipinski definition) is 2. The summed E-state index contributed by atoms with van der Waals surface area (Å²) in [6, 6.07) is 12.1. The Labute approximate surface area is 146 Å². The third-order valence-corrected chi connectivity index (χ3v) is 5.10. The fourth-order valence-electron chi connectivity index (χ4n) is 2.71. The lowest BCUT2D eigenvalue weighted by atomic mass is 10.0. The van der Waals surface area contributed by atoms with Crippen molar-refractivity contribution in [3.05, 3.63) is 57.8 Å². The highest BCUT2D eigenvalue weighted by molar-refractivity contribution is 7.12. The molecule has 0 aliphatic heterocycles. The molecule has 0 spiro atoms.